The van der Waals surface area contributed by atoms with Crippen molar-refractivity contribution < 1.29 is 4.79 Å². The molecule has 2 rings (SSSR count). The van der Waals surface area contributed by atoms with Crippen LogP contribution in [0.4, 0.5) is 5.69 Å². The number of nitrogens with two attached hydrogens (primary N) is 1. The van der Waals surface area contributed by atoms with E-state index in [4.69, 9.17) is 5.73 Å². The molecule has 1 aromatic rings. The number of hydrogen-bond acceptors (Lipinski definition) is 3. The largest absolute Gasteiger partial charge is 0.323 e. The summed E-state index contributed by atoms with van der Waals surface area (Å²) < 4.78 is 1.42. The van der Waals surface area contributed by atoms with Gasteiger partial charge in [-0.1, -0.05) is 12.8 Å². The van der Waals surface area contributed by atoms with Gasteiger partial charge in [-0.05, 0) is 18.9 Å². The topological polar surface area (TPSA) is 77.1 Å². The van der Waals surface area contributed by atoms with E-state index in [0.29, 0.717) is 5.69 Å². The van der Waals surface area contributed by atoms with Crippen molar-refractivity contribution in [2.24, 2.45) is 12.8 Å². The highest BCUT2D eigenvalue weighted by Crippen LogP contribution is 2.28. The molecule has 1 fully saturated rings. The molecule has 0 unspecified atom stereocenters. The second-order valence-electron chi connectivity index (χ2n) is 4.68. The van der Waals surface area contributed by atoms with Gasteiger partial charge in [-0.2, -0.15) is 0 Å². The van der Waals surface area contributed by atoms with E-state index in [1.807, 2.05) is 0 Å². The van der Waals surface area contributed by atoms with Crippen LogP contribution in [0.5, 0.6) is 0 Å². The second-order valence-corrected chi connectivity index (χ2v) is 4.68. The molecular formula is C12H17N3O2. The first-order chi connectivity index (χ1) is 8.01. The molecule has 0 bridgehead atoms. The summed E-state index contributed by atoms with van der Waals surface area (Å²) in [4.78, 5) is 23.2. The van der Waals surface area contributed by atoms with Crippen LogP contribution in [0.25, 0.3) is 0 Å². The van der Waals surface area contributed by atoms with E-state index < -0.39 is 5.54 Å². The van der Waals surface area contributed by atoms with Crippen molar-refractivity contribution >= 4 is 11.6 Å². The minimum Gasteiger partial charge on any atom is -0.323 e. The maximum Gasteiger partial charge on any atom is 0.250 e. The molecule has 1 aromatic heterocycles. The SMILES string of the molecule is Cn1cc(NC(=O)C2(N)CCCC2)ccc1=O. The minimum absolute atomic E-state index is 0.105. The van der Waals surface area contributed by atoms with Crippen molar-refractivity contribution in [3.05, 3.63) is 28.7 Å². The van der Waals surface area contributed by atoms with Gasteiger partial charge in [0, 0.05) is 19.3 Å². The highest BCUT2D eigenvalue weighted by molar-refractivity contribution is 5.98. The van der Waals surface area contributed by atoms with Gasteiger partial charge in [-0.3, -0.25) is 9.59 Å². The number of aryl methyl sites for hydroxylation is 1. The predicted molar refractivity (Wildman–Crippen MR) is 65.7 cm³/mol. The maximum atomic E-state index is 12.0. The van der Waals surface area contributed by atoms with Crippen LogP contribution in [0.15, 0.2) is 23.1 Å². The molecule has 0 aromatic carbocycles. The van der Waals surface area contributed by atoms with Gasteiger partial charge in [0.15, 0.2) is 0 Å². The Kier molecular flexibility index (Phi) is 3.02. The van der Waals surface area contributed by atoms with Crippen molar-refractivity contribution in [3.8, 4) is 0 Å². The van der Waals surface area contributed by atoms with E-state index >= 15 is 0 Å². The Bertz CT molecular complexity index is 487. The molecule has 0 spiro atoms. The lowest BCUT2D eigenvalue weighted by atomic mass is 9.98. The zero-order valence-electron chi connectivity index (χ0n) is 9.90. The highest BCUT2D eigenvalue weighted by Gasteiger charge is 2.36. The zero-order valence-corrected chi connectivity index (χ0v) is 9.90. The van der Waals surface area contributed by atoms with E-state index in [-0.39, 0.29) is 11.5 Å². The highest BCUT2D eigenvalue weighted by atomic mass is 16.2. The van der Waals surface area contributed by atoms with Crippen LogP contribution in [-0.2, 0) is 11.8 Å². The molecule has 0 radical (unpaired) electrons. The zero-order chi connectivity index (χ0) is 12.5. The fraction of sp³-hybridized carbons (Fsp3) is 0.500. The van der Waals surface area contributed by atoms with Gasteiger partial charge < -0.3 is 15.6 Å². The van der Waals surface area contributed by atoms with Crippen molar-refractivity contribution in [2.45, 2.75) is 31.2 Å². The number of rotatable bonds is 2. The predicted octanol–water partition coefficient (Wildman–Crippen LogP) is 0.595. The summed E-state index contributed by atoms with van der Waals surface area (Å²) in [5, 5.41) is 2.77. The molecule has 92 valence electrons. The molecule has 0 aliphatic heterocycles. The van der Waals surface area contributed by atoms with Gasteiger partial charge in [0.25, 0.3) is 0 Å². The van der Waals surface area contributed by atoms with Crippen molar-refractivity contribution in [3.63, 3.8) is 0 Å². The standard InChI is InChI=1S/C12H17N3O2/c1-15-8-9(4-5-10(15)16)14-11(17)12(13)6-2-3-7-12/h4-5,8H,2-3,6-7,13H2,1H3,(H,14,17). The van der Waals surface area contributed by atoms with Gasteiger partial charge in [0.2, 0.25) is 11.5 Å². The van der Waals surface area contributed by atoms with Gasteiger partial charge in [-0.15, -0.1) is 0 Å². The molecule has 1 aliphatic rings. The van der Waals surface area contributed by atoms with Crippen LogP contribution in [0.3, 0.4) is 0 Å². The fourth-order valence-electron chi connectivity index (χ4n) is 2.16. The van der Waals surface area contributed by atoms with Crippen molar-refractivity contribution in [1.82, 2.24) is 4.57 Å². The molecule has 1 saturated carbocycles. The van der Waals surface area contributed by atoms with Crippen molar-refractivity contribution in [1.29, 1.82) is 0 Å². The number of anilines is 1. The Morgan fingerprint density at radius 2 is 2.06 bits per heavy atom. The summed E-state index contributed by atoms with van der Waals surface area (Å²) in [5.41, 5.74) is 5.80. The first kappa shape index (κ1) is 11.9. The Hall–Kier alpha value is -1.62. The molecule has 3 N–H and O–H groups in total. The molecule has 1 heterocycles. The second kappa shape index (κ2) is 4.33. The first-order valence-electron chi connectivity index (χ1n) is 5.78. The average molecular weight is 235 g/mol. The fourth-order valence-corrected chi connectivity index (χ4v) is 2.16. The summed E-state index contributed by atoms with van der Waals surface area (Å²) in [7, 11) is 1.64. The number of amides is 1. The van der Waals surface area contributed by atoms with Gasteiger partial charge in [0.1, 0.15) is 0 Å². The van der Waals surface area contributed by atoms with Gasteiger partial charge >= 0.3 is 0 Å². The van der Waals surface area contributed by atoms with Crippen LogP contribution < -0.4 is 16.6 Å². The summed E-state index contributed by atoms with van der Waals surface area (Å²) in [6, 6.07) is 3.02. The third-order valence-corrected chi connectivity index (χ3v) is 3.29. The number of pyridine rings is 1. The first-order valence-corrected chi connectivity index (χ1v) is 5.78. The maximum absolute atomic E-state index is 12.0. The van der Waals surface area contributed by atoms with E-state index in [2.05, 4.69) is 5.32 Å². The lowest BCUT2D eigenvalue weighted by Crippen LogP contribution is -2.48. The van der Waals surface area contributed by atoms with Crippen LogP contribution in [-0.4, -0.2) is 16.0 Å². The third kappa shape index (κ3) is 2.39. The average Bonchev–Trinajstić information content (AvgIpc) is 2.72. The van der Waals surface area contributed by atoms with Gasteiger partial charge in [-0.25, -0.2) is 0 Å². The lowest BCUT2D eigenvalue weighted by molar-refractivity contribution is -0.121. The lowest BCUT2D eigenvalue weighted by Gasteiger charge is -2.22. The Balaban J connectivity index is 2.13. The Labute approximate surface area is 99.6 Å². The summed E-state index contributed by atoms with van der Waals surface area (Å²) in [6.07, 6.45) is 5.04. The minimum atomic E-state index is -0.741. The summed E-state index contributed by atoms with van der Waals surface area (Å²) >= 11 is 0. The summed E-state index contributed by atoms with van der Waals surface area (Å²) in [5.74, 6) is -0.159. The number of nitrogens with zero attached hydrogens (tertiary/aromatic N) is 1. The number of nitrogens with one attached hydrogen (secondary N) is 1. The van der Waals surface area contributed by atoms with E-state index in [0.717, 1.165) is 25.7 Å². The number of hydrogen-bond donors (Lipinski definition) is 2. The molecule has 5 heteroatoms. The van der Waals surface area contributed by atoms with Crippen LogP contribution in [0.1, 0.15) is 25.7 Å². The van der Waals surface area contributed by atoms with Crippen molar-refractivity contribution in [2.75, 3.05) is 5.32 Å². The molecular weight excluding hydrogens is 218 g/mol. The van der Waals surface area contributed by atoms with E-state index in [1.54, 1.807) is 19.3 Å². The van der Waals surface area contributed by atoms with E-state index in [9.17, 15) is 9.59 Å². The number of carbonyl (C=O) groups is 1. The molecule has 1 amide bonds. The van der Waals surface area contributed by atoms with Gasteiger partial charge in [0.05, 0.1) is 11.2 Å². The Morgan fingerprint density at radius 1 is 1.41 bits per heavy atom. The normalized spacial score (nSPS) is 18.0. The quantitative estimate of drug-likeness (QED) is 0.787. The smallest absolute Gasteiger partial charge is 0.250 e. The number of aromatic nitrogens is 1. The molecule has 1 aliphatic carbocycles. The molecule has 0 saturated heterocycles. The Morgan fingerprint density at radius 3 is 2.65 bits per heavy atom. The number of carbonyl (C=O) groups excluding carboxylic acids is 1. The molecule has 5 nitrogen and oxygen atoms in total. The molecule has 17 heavy (non-hydrogen) atoms. The van der Waals surface area contributed by atoms with Crippen LogP contribution in [0.2, 0.25) is 0 Å². The van der Waals surface area contributed by atoms with E-state index in [1.165, 1.54) is 10.6 Å². The van der Waals surface area contributed by atoms with Crippen LogP contribution in [0, 0.1) is 0 Å². The summed E-state index contributed by atoms with van der Waals surface area (Å²) in [6.45, 7) is 0. The van der Waals surface area contributed by atoms with Crippen LogP contribution >= 0.6 is 0 Å². The third-order valence-electron chi connectivity index (χ3n) is 3.29. The molecule has 0 atom stereocenters. The monoisotopic (exact) mass is 235 g/mol.